The zero-order chi connectivity index (χ0) is 11.9. The van der Waals surface area contributed by atoms with Gasteiger partial charge in [-0.3, -0.25) is 0 Å². The molecule has 0 aliphatic rings. The molecule has 0 fully saturated rings. The minimum atomic E-state index is -2.85. The van der Waals surface area contributed by atoms with Crippen LogP contribution in [0.25, 0.3) is 0 Å². The van der Waals surface area contributed by atoms with Crippen LogP contribution in [-0.4, -0.2) is 44.2 Å². The van der Waals surface area contributed by atoms with Gasteiger partial charge in [-0.15, -0.1) is 0 Å². The number of nitrogens with one attached hydrogen (secondary N) is 1. The van der Waals surface area contributed by atoms with E-state index in [-0.39, 0.29) is 5.75 Å². The Morgan fingerprint density at radius 3 is 2.47 bits per heavy atom. The van der Waals surface area contributed by atoms with Crippen molar-refractivity contribution < 1.29 is 13.5 Å². The molecule has 5 heteroatoms. The Kier molecular flexibility index (Phi) is 6.40. The third-order valence-electron chi connectivity index (χ3n) is 2.16. The standard InChI is InChI=1S/C10H23NO3S/c1-4-6-10(2,12)9-11-7-5-8-15(3,13)14/h11-12H,4-9H2,1-3H3. The fourth-order valence-electron chi connectivity index (χ4n) is 1.44. The first-order valence-corrected chi connectivity index (χ1v) is 7.44. The van der Waals surface area contributed by atoms with E-state index in [1.807, 2.05) is 6.92 Å². The largest absolute Gasteiger partial charge is 0.389 e. The van der Waals surface area contributed by atoms with Gasteiger partial charge in [0.25, 0.3) is 0 Å². The highest BCUT2D eigenvalue weighted by Gasteiger charge is 2.17. The molecule has 92 valence electrons. The van der Waals surface area contributed by atoms with Crippen LogP contribution in [-0.2, 0) is 9.84 Å². The molecular weight excluding hydrogens is 214 g/mol. The highest BCUT2D eigenvalue weighted by molar-refractivity contribution is 7.90. The van der Waals surface area contributed by atoms with Crippen LogP contribution in [0.4, 0.5) is 0 Å². The molecule has 0 aromatic heterocycles. The van der Waals surface area contributed by atoms with E-state index in [2.05, 4.69) is 5.32 Å². The van der Waals surface area contributed by atoms with Crippen LogP contribution in [0.5, 0.6) is 0 Å². The molecule has 4 nitrogen and oxygen atoms in total. The summed E-state index contributed by atoms with van der Waals surface area (Å²) in [6.45, 7) is 4.97. The first-order valence-electron chi connectivity index (χ1n) is 5.38. The molecule has 1 unspecified atom stereocenters. The highest BCUT2D eigenvalue weighted by Crippen LogP contribution is 2.09. The van der Waals surface area contributed by atoms with Crippen molar-refractivity contribution in [3.63, 3.8) is 0 Å². The molecule has 0 aromatic rings. The molecule has 0 saturated heterocycles. The Bertz CT molecular complexity index is 260. The van der Waals surface area contributed by atoms with Crippen molar-refractivity contribution in [2.24, 2.45) is 0 Å². The molecule has 0 amide bonds. The number of hydrogen-bond donors (Lipinski definition) is 2. The van der Waals surface area contributed by atoms with Gasteiger partial charge in [-0.1, -0.05) is 13.3 Å². The zero-order valence-electron chi connectivity index (χ0n) is 9.91. The van der Waals surface area contributed by atoms with Gasteiger partial charge in [0.1, 0.15) is 9.84 Å². The molecule has 0 radical (unpaired) electrons. The van der Waals surface area contributed by atoms with Gasteiger partial charge < -0.3 is 10.4 Å². The summed E-state index contributed by atoms with van der Waals surface area (Å²) in [7, 11) is -2.85. The van der Waals surface area contributed by atoms with Crippen molar-refractivity contribution in [1.29, 1.82) is 0 Å². The molecule has 0 bridgehead atoms. The Labute approximate surface area is 93.0 Å². The summed E-state index contributed by atoms with van der Waals surface area (Å²) in [6.07, 6.45) is 3.53. The van der Waals surface area contributed by atoms with Gasteiger partial charge in [0.05, 0.1) is 11.4 Å². The summed E-state index contributed by atoms with van der Waals surface area (Å²) in [4.78, 5) is 0. The number of aliphatic hydroxyl groups is 1. The molecule has 2 N–H and O–H groups in total. The Hall–Kier alpha value is -0.130. The van der Waals surface area contributed by atoms with Crippen LogP contribution in [0.15, 0.2) is 0 Å². The second-order valence-corrected chi connectivity index (χ2v) is 6.67. The first kappa shape index (κ1) is 14.9. The van der Waals surface area contributed by atoms with Crippen molar-refractivity contribution in [3.05, 3.63) is 0 Å². The Morgan fingerprint density at radius 2 is 2.00 bits per heavy atom. The summed E-state index contributed by atoms with van der Waals surface area (Å²) >= 11 is 0. The van der Waals surface area contributed by atoms with E-state index in [0.29, 0.717) is 19.5 Å². The number of hydrogen-bond acceptors (Lipinski definition) is 4. The quantitative estimate of drug-likeness (QED) is 0.605. The second-order valence-electron chi connectivity index (χ2n) is 4.41. The van der Waals surface area contributed by atoms with Gasteiger partial charge >= 0.3 is 0 Å². The fraction of sp³-hybridized carbons (Fsp3) is 1.00. The lowest BCUT2D eigenvalue weighted by molar-refractivity contribution is 0.0503. The van der Waals surface area contributed by atoms with E-state index in [1.165, 1.54) is 6.26 Å². The maximum absolute atomic E-state index is 10.8. The van der Waals surface area contributed by atoms with E-state index in [0.717, 1.165) is 12.8 Å². The van der Waals surface area contributed by atoms with Gasteiger partial charge in [0.15, 0.2) is 0 Å². The Morgan fingerprint density at radius 1 is 1.40 bits per heavy atom. The molecular formula is C10H23NO3S. The van der Waals surface area contributed by atoms with Gasteiger partial charge in [-0.2, -0.15) is 0 Å². The molecule has 0 aromatic carbocycles. The maximum atomic E-state index is 10.8. The molecule has 0 saturated carbocycles. The average Bonchev–Trinajstić information content (AvgIpc) is 2.00. The summed E-state index contributed by atoms with van der Waals surface area (Å²) in [5.74, 6) is 0.204. The van der Waals surface area contributed by atoms with Crippen LogP contribution in [0.2, 0.25) is 0 Å². The maximum Gasteiger partial charge on any atom is 0.147 e. The smallest absolute Gasteiger partial charge is 0.147 e. The minimum Gasteiger partial charge on any atom is -0.389 e. The zero-order valence-corrected chi connectivity index (χ0v) is 10.7. The van der Waals surface area contributed by atoms with Gasteiger partial charge in [0.2, 0.25) is 0 Å². The lowest BCUT2D eigenvalue weighted by Gasteiger charge is -2.22. The highest BCUT2D eigenvalue weighted by atomic mass is 32.2. The number of rotatable bonds is 8. The molecule has 1 atom stereocenters. The van der Waals surface area contributed by atoms with Crippen molar-refractivity contribution in [3.8, 4) is 0 Å². The van der Waals surface area contributed by atoms with Crippen LogP contribution >= 0.6 is 0 Å². The second kappa shape index (κ2) is 6.45. The van der Waals surface area contributed by atoms with Gasteiger partial charge in [0, 0.05) is 12.8 Å². The van der Waals surface area contributed by atoms with Crippen molar-refractivity contribution >= 4 is 9.84 Å². The molecule has 0 spiro atoms. The summed E-state index contributed by atoms with van der Waals surface area (Å²) in [5, 5.41) is 12.9. The topological polar surface area (TPSA) is 66.4 Å². The third-order valence-corrected chi connectivity index (χ3v) is 3.19. The summed E-state index contributed by atoms with van der Waals surface area (Å²) in [5.41, 5.74) is -0.681. The van der Waals surface area contributed by atoms with E-state index < -0.39 is 15.4 Å². The average molecular weight is 237 g/mol. The van der Waals surface area contributed by atoms with Crippen LogP contribution < -0.4 is 5.32 Å². The fourth-order valence-corrected chi connectivity index (χ4v) is 2.11. The molecule has 0 aliphatic heterocycles. The van der Waals surface area contributed by atoms with Gasteiger partial charge in [-0.05, 0) is 26.3 Å². The van der Waals surface area contributed by atoms with Crippen LogP contribution in [0.1, 0.15) is 33.1 Å². The van der Waals surface area contributed by atoms with Crippen LogP contribution in [0.3, 0.4) is 0 Å². The first-order chi connectivity index (χ1) is 6.77. The summed E-state index contributed by atoms with van der Waals surface area (Å²) in [6, 6.07) is 0. The van der Waals surface area contributed by atoms with Crippen molar-refractivity contribution in [2.45, 2.75) is 38.7 Å². The van der Waals surface area contributed by atoms with Gasteiger partial charge in [-0.25, -0.2) is 8.42 Å². The normalized spacial score (nSPS) is 16.3. The molecule has 15 heavy (non-hydrogen) atoms. The monoisotopic (exact) mass is 237 g/mol. The molecule has 0 heterocycles. The lowest BCUT2D eigenvalue weighted by Crippen LogP contribution is -2.38. The third kappa shape index (κ3) is 10.2. The minimum absolute atomic E-state index is 0.204. The predicted octanol–water partition coefficient (Wildman–Crippen LogP) is 0.562. The van der Waals surface area contributed by atoms with E-state index in [1.54, 1.807) is 6.92 Å². The van der Waals surface area contributed by atoms with E-state index >= 15 is 0 Å². The number of sulfone groups is 1. The summed E-state index contributed by atoms with van der Waals surface area (Å²) < 4.78 is 21.6. The Balaban J connectivity index is 3.54. The lowest BCUT2D eigenvalue weighted by atomic mass is 10.0. The van der Waals surface area contributed by atoms with Crippen molar-refractivity contribution in [2.75, 3.05) is 25.1 Å². The van der Waals surface area contributed by atoms with Crippen LogP contribution in [0, 0.1) is 0 Å². The molecule has 0 aliphatic carbocycles. The SMILES string of the molecule is CCCC(C)(O)CNCCCS(C)(=O)=O. The van der Waals surface area contributed by atoms with E-state index in [4.69, 9.17) is 0 Å². The van der Waals surface area contributed by atoms with Crippen molar-refractivity contribution in [1.82, 2.24) is 5.32 Å². The van der Waals surface area contributed by atoms with E-state index in [9.17, 15) is 13.5 Å². The predicted molar refractivity (Wildman–Crippen MR) is 62.7 cm³/mol. The molecule has 0 rings (SSSR count).